The van der Waals surface area contributed by atoms with Crippen molar-refractivity contribution >= 4 is 5.91 Å². The van der Waals surface area contributed by atoms with E-state index < -0.39 is 5.91 Å². The first-order valence-electron chi connectivity index (χ1n) is 5.89. The molecule has 0 spiro atoms. The number of carbonyl (C=O) groups excluding carboxylic acids is 1. The fourth-order valence-corrected chi connectivity index (χ4v) is 1.60. The first kappa shape index (κ1) is 13.6. The van der Waals surface area contributed by atoms with Gasteiger partial charge in [0.1, 0.15) is 0 Å². The van der Waals surface area contributed by atoms with Gasteiger partial charge in [-0.2, -0.15) is 0 Å². The van der Waals surface area contributed by atoms with Gasteiger partial charge in [-0.15, -0.1) is 5.10 Å². The molecule has 3 N–H and O–H groups in total. The van der Waals surface area contributed by atoms with Crippen molar-refractivity contribution in [2.24, 2.45) is 11.7 Å². The molecular weight excluding hydrogens is 220 g/mol. The Bertz CT molecular complexity index is 374. The summed E-state index contributed by atoms with van der Waals surface area (Å²) in [4.78, 5) is 11.2. The number of nitrogens with two attached hydrogens (primary N) is 1. The lowest BCUT2D eigenvalue weighted by Gasteiger charge is -2.08. The van der Waals surface area contributed by atoms with Crippen LogP contribution in [0.3, 0.4) is 0 Å². The summed E-state index contributed by atoms with van der Waals surface area (Å²) in [5.74, 6) is -0.00378. The number of aliphatic hydroxyl groups is 1. The Morgan fingerprint density at radius 1 is 1.53 bits per heavy atom. The molecule has 1 aromatic rings. The monoisotopic (exact) mass is 240 g/mol. The highest BCUT2D eigenvalue weighted by atomic mass is 16.3. The molecule has 6 nitrogen and oxygen atoms in total. The number of hydrogen-bond acceptors (Lipinski definition) is 4. The Morgan fingerprint density at radius 2 is 2.24 bits per heavy atom. The molecule has 0 aliphatic carbocycles. The smallest absolute Gasteiger partial charge is 0.271 e. The fourth-order valence-electron chi connectivity index (χ4n) is 1.60. The predicted molar refractivity (Wildman–Crippen MR) is 63.4 cm³/mol. The molecule has 0 atom stereocenters. The van der Waals surface area contributed by atoms with Crippen molar-refractivity contribution in [3.05, 3.63) is 11.4 Å². The van der Waals surface area contributed by atoms with Crippen molar-refractivity contribution in [2.45, 2.75) is 39.7 Å². The Labute approximate surface area is 101 Å². The zero-order valence-electron chi connectivity index (χ0n) is 10.4. The molecule has 0 aromatic carbocycles. The molecule has 1 rings (SSSR count). The molecule has 0 aliphatic rings. The summed E-state index contributed by atoms with van der Waals surface area (Å²) in [5.41, 5.74) is 6.29. The lowest BCUT2D eigenvalue weighted by molar-refractivity contribution is 0.0994. The van der Waals surface area contributed by atoms with E-state index in [-0.39, 0.29) is 12.3 Å². The molecule has 17 heavy (non-hydrogen) atoms. The van der Waals surface area contributed by atoms with Crippen LogP contribution in [0, 0.1) is 5.92 Å². The van der Waals surface area contributed by atoms with Crippen LogP contribution in [0.2, 0.25) is 0 Å². The molecule has 0 saturated carbocycles. The van der Waals surface area contributed by atoms with Crippen LogP contribution in [0.15, 0.2) is 0 Å². The van der Waals surface area contributed by atoms with E-state index in [9.17, 15) is 4.79 Å². The minimum Gasteiger partial charge on any atom is -0.396 e. The second-order valence-electron chi connectivity index (χ2n) is 4.48. The third-order valence-corrected chi connectivity index (χ3v) is 2.56. The normalized spacial score (nSPS) is 11.1. The van der Waals surface area contributed by atoms with E-state index in [1.807, 2.05) is 0 Å². The van der Waals surface area contributed by atoms with Crippen LogP contribution in [-0.2, 0) is 13.0 Å². The zero-order chi connectivity index (χ0) is 12.8. The Kier molecular flexibility index (Phi) is 5.09. The van der Waals surface area contributed by atoms with Crippen molar-refractivity contribution in [3.63, 3.8) is 0 Å². The van der Waals surface area contributed by atoms with Crippen LogP contribution in [0.4, 0.5) is 0 Å². The molecule has 0 unspecified atom stereocenters. The van der Waals surface area contributed by atoms with Crippen LogP contribution in [0.5, 0.6) is 0 Å². The molecule has 1 heterocycles. The first-order chi connectivity index (χ1) is 8.06. The van der Waals surface area contributed by atoms with Crippen LogP contribution in [0.1, 0.15) is 42.9 Å². The summed E-state index contributed by atoms with van der Waals surface area (Å²) in [7, 11) is 0. The highest BCUT2D eigenvalue weighted by Gasteiger charge is 2.17. The third kappa shape index (κ3) is 3.81. The molecule has 0 fully saturated rings. The number of aryl methyl sites for hydroxylation is 1. The van der Waals surface area contributed by atoms with Gasteiger partial charge in [0.15, 0.2) is 5.69 Å². The average molecular weight is 240 g/mol. The summed E-state index contributed by atoms with van der Waals surface area (Å²) in [6, 6.07) is 0. The number of aromatic nitrogens is 3. The van der Waals surface area contributed by atoms with E-state index in [1.54, 1.807) is 4.68 Å². The topological polar surface area (TPSA) is 94.0 Å². The number of carbonyl (C=O) groups is 1. The number of aliphatic hydroxyl groups excluding tert-OH is 1. The van der Waals surface area contributed by atoms with Gasteiger partial charge in [-0.05, 0) is 25.2 Å². The Hall–Kier alpha value is -1.43. The van der Waals surface area contributed by atoms with E-state index in [4.69, 9.17) is 10.8 Å². The molecular formula is C11H20N4O2. The van der Waals surface area contributed by atoms with E-state index >= 15 is 0 Å². The van der Waals surface area contributed by atoms with Gasteiger partial charge < -0.3 is 10.8 Å². The molecule has 1 aromatic heterocycles. The van der Waals surface area contributed by atoms with Crippen molar-refractivity contribution in [1.82, 2.24) is 15.0 Å². The summed E-state index contributed by atoms with van der Waals surface area (Å²) in [6.07, 6.45) is 2.28. The largest absolute Gasteiger partial charge is 0.396 e. The minimum absolute atomic E-state index is 0.0926. The molecule has 0 aliphatic heterocycles. The maximum Gasteiger partial charge on any atom is 0.271 e. The minimum atomic E-state index is -0.543. The lowest BCUT2D eigenvalue weighted by Crippen LogP contribution is -2.16. The average Bonchev–Trinajstić information content (AvgIpc) is 2.66. The van der Waals surface area contributed by atoms with Crippen molar-refractivity contribution in [1.29, 1.82) is 0 Å². The lowest BCUT2D eigenvalue weighted by atomic mass is 10.1. The van der Waals surface area contributed by atoms with Crippen molar-refractivity contribution in [2.75, 3.05) is 6.61 Å². The van der Waals surface area contributed by atoms with Gasteiger partial charge in [-0.3, -0.25) is 4.79 Å². The highest BCUT2D eigenvalue weighted by Crippen LogP contribution is 2.12. The summed E-state index contributed by atoms with van der Waals surface area (Å²) >= 11 is 0. The maximum atomic E-state index is 11.2. The maximum absolute atomic E-state index is 11.2. The molecule has 6 heteroatoms. The van der Waals surface area contributed by atoms with E-state index in [0.717, 1.165) is 18.5 Å². The fraction of sp³-hybridized carbons (Fsp3) is 0.727. The highest BCUT2D eigenvalue weighted by molar-refractivity contribution is 5.91. The second kappa shape index (κ2) is 6.34. The van der Waals surface area contributed by atoms with Crippen molar-refractivity contribution in [3.8, 4) is 0 Å². The van der Waals surface area contributed by atoms with Gasteiger partial charge in [0.05, 0.1) is 5.69 Å². The van der Waals surface area contributed by atoms with Crippen LogP contribution < -0.4 is 5.73 Å². The van der Waals surface area contributed by atoms with Gasteiger partial charge in [0, 0.05) is 13.2 Å². The number of nitrogens with zero attached hydrogens (tertiary/aromatic N) is 3. The number of primary amides is 1. The van der Waals surface area contributed by atoms with E-state index in [2.05, 4.69) is 24.2 Å². The molecule has 96 valence electrons. The number of amides is 1. The Morgan fingerprint density at radius 3 is 2.76 bits per heavy atom. The Balaban J connectivity index is 2.85. The van der Waals surface area contributed by atoms with E-state index in [1.165, 1.54) is 0 Å². The van der Waals surface area contributed by atoms with Gasteiger partial charge in [0.2, 0.25) is 0 Å². The summed E-state index contributed by atoms with van der Waals surface area (Å²) < 4.78 is 1.67. The summed E-state index contributed by atoms with van der Waals surface area (Å²) in [5, 5.41) is 16.5. The van der Waals surface area contributed by atoms with Gasteiger partial charge in [-0.1, -0.05) is 19.1 Å². The third-order valence-electron chi connectivity index (χ3n) is 2.56. The first-order valence-corrected chi connectivity index (χ1v) is 5.89. The van der Waals surface area contributed by atoms with Crippen LogP contribution in [0.25, 0.3) is 0 Å². The van der Waals surface area contributed by atoms with Gasteiger partial charge in [-0.25, -0.2) is 4.68 Å². The number of rotatable bonds is 7. The quantitative estimate of drug-likeness (QED) is 0.719. The van der Waals surface area contributed by atoms with Crippen LogP contribution >= 0.6 is 0 Å². The predicted octanol–water partition coefficient (Wildman–Crippen LogP) is 0.348. The second-order valence-corrected chi connectivity index (χ2v) is 4.48. The van der Waals surface area contributed by atoms with Crippen molar-refractivity contribution < 1.29 is 9.90 Å². The number of hydrogen-bond donors (Lipinski definition) is 2. The molecule has 0 bridgehead atoms. The molecule has 0 radical (unpaired) electrons. The zero-order valence-corrected chi connectivity index (χ0v) is 10.4. The molecule has 1 amide bonds. The van der Waals surface area contributed by atoms with Gasteiger partial charge in [0.25, 0.3) is 5.91 Å². The van der Waals surface area contributed by atoms with Crippen LogP contribution in [-0.4, -0.2) is 32.6 Å². The SMILES string of the molecule is CC(C)CCc1c(C(N)=O)nnn1CCCO. The summed E-state index contributed by atoms with van der Waals surface area (Å²) in [6.45, 7) is 4.89. The molecule has 0 saturated heterocycles. The van der Waals surface area contributed by atoms with E-state index in [0.29, 0.717) is 18.9 Å². The standard InChI is InChI=1S/C11H20N4O2/c1-8(2)4-5-9-10(11(12)17)13-14-15(9)6-3-7-16/h8,16H,3-7H2,1-2H3,(H2,12,17). The van der Waals surface area contributed by atoms with Gasteiger partial charge >= 0.3 is 0 Å².